The van der Waals surface area contributed by atoms with Crippen molar-refractivity contribution in [2.75, 3.05) is 6.61 Å². The van der Waals surface area contributed by atoms with E-state index in [2.05, 4.69) is 26.5 Å². The van der Waals surface area contributed by atoms with Crippen LogP contribution < -0.4 is 10.2 Å². The largest absolute Gasteiger partial charge is 0.483 e. The Morgan fingerprint density at radius 1 is 1.32 bits per heavy atom. The van der Waals surface area contributed by atoms with Gasteiger partial charge >= 0.3 is 0 Å². The average molecular weight is 410 g/mol. The first-order valence-corrected chi connectivity index (χ1v) is 7.82. The molecule has 0 bridgehead atoms. The topological polar surface area (TPSA) is 93.8 Å². The zero-order valence-electron chi connectivity index (χ0n) is 13.0. The van der Waals surface area contributed by atoms with Crippen LogP contribution in [0, 0.1) is 15.9 Å². The van der Waals surface area contributed by atoms with Crippen LogP contribution in [0.2, 0.25) is 0 Å². The van der Waals surface area contributed by atoms with Crippen LogP contribution in [0.15, 0.2) is 52.0 Å². The van der Waals surface area contributed by atoms with Gasteiger partial charge in [0, 0.05) is 12.1 Å². The fourth-order valence-electron chi connectivity index (χ4n) is 1.80. The first-order valence-electron chi connectivity index (χ1n) is 7.02. The highest BCUT2D eigenvalue weighted by Crippen LogP contribution is 2.28. The lowest BCUT2D eigenvalue weighted by Gasteiger charge is -2.07. The molecule has 0 unspecified atom stereocenters. The molecule has 25 heavy (non-hydrogen) atoms. The van der Waals surface area contributed by atoms with E-state index < -0.39 is 10.8 Å². The number of hydrogen-bond acceptors (Lipinski definition) is 5. The van der Waals surface area contributed by atoms with Crippen molar-refractivity contribution in [3.8, 4) is 5.75 Å². The van der Waals surface area contributed by atoms with E-state index in [-0.39, 0.29) is 18.1 Å². The Balaban J connectivity index is 1.91. The Hall–Kier alpha value is -2.81. The van der Waals surface area contributed by atoms with Gasteiger partial charge in [0.2, 0.25) is 0 Å². The number of benzene rings is 2. The number of non-ortho nitro benzene ring substituents is 1. The maximum Gasteiger partial charge on any atom is 0.277 e. The van der Waals surface area contributed by atoms with E-state index in [1.54, 1.807) is 19.1 Å². The molecule has 9 heteroatoms. The summed E-state index contributed by atoms with van der Waals surface area (Å²) in [5.74, 6) is -0.575. The minimum Gasteiger partial charge on any atom is -0.483 e. The van der Waals surface area contributed by atoms with Crippen LogP contribution in [0.5, 0.6) is 5.75 Å². The molecule has 0 heterocycles. The molecule has 2 aromatic carbocycles. The van der Waals surface area contributed by atoms with Crippen LogP contribution >= 0.6 is 15.9 Å². The molecule has 1 amide bonds. The molecule has 0 radical (unpaired) electrons. The van der Waals surface area contributed by atoms with Crippen molar-refractivity contribution >= 4 is 33.2 Å². The van der Waals surface area contributed by atoms with Crippen molar-refractivity contribution in [1.82, 2.24) is 5.43 Å². The normalized spacial score (nSPS) is 11.1. The Labute approximate surface area is 150 Å². The molecule has 0 spiro atoms. The predicted molar refractivity (Wildman–Crippen MR) is 93.0 cm³/mol. The third kappa shape index (κ3) is 5.35. The Bertz CT molecular complexity index is 825. The van der Waals surface area contributed by atoms with Gasteiger partial charge < -0.3 is 4.74 Å². The van der Waals surface area contributed by atoms with Gasteiger partial charge in [-0.2, -0.15) is 5.10 Å². The van der Waals surface area contributed by atoms with Gasteiger partial charge in [-0.3, -0.25) is 14.9 Å². The zero-order chi connectivity index (χ0) is 18.4. The van der Waals surface area contributed by atoms with Gasteiger partial charge in [0.15, 0.2) is 6.61 Å². The van der Waals surface area contributed by atoms with Crippen molar-refractivity contribution in [2.45, 2.75) is 6.92 Å². The van der Waals surface area contributed by atoms with Gasteiger partial charge in [0.05, 0.1) is 15.1 Å². The summed E-state index contributed by atoms with van der Waals surface area (Å²) < 4.78 is 18.5. The molecular formula is C16H13BrFN3O4. The lowest BCUT2D eigenvalue weighted by Crippen LogP contribution is -2.25. The third-order valence-electron chi connectivity index (χ3n) is 3.10. The van der Waals surface area contributed by atoms with E-state index in [4.69, 9.17) is 4.74 Å². The fraction of sp³-hybridized carbons (Fsp3) is 0.125. The minimum absolute atomic E-state index is 0.0943. The smallest absolute Gasteiger partial charge is 0.277 e. The summed E-state index contributed by atoms with van der Waals surface area (Å²) in [4.78, 5) is 21.9. The number of halogens is 2. The summed E-state index contributed by atoms with van der Waals surface area (Å²) in [5.41, 5.74) is 3.40. The quantitative estimate of drug-likeness (QED) is 0.449. The molecule has 0 saturated carbocycles. The Morgan fingerprint density at radius 3 is 2.60 bits per heavy atom. The number of carbonyl (C=O) groups is 1. The van der Waals surface area contributed by atoms with E-state index in [1.165, 1.54) is 30.3 Å². The highest BCUT2D eigenvalue weighted by atomic mass is 79.9. The van der Waals surface area contributed by atoms with Gasteiger partial charge in [-0.15, -0.1) is 0 Å². The Morgan fingerprint density at radius 2 is 2.00 bits per heavy atom. The molecule has 0 aliphatic rings. The number of hydrazone groups is 1. The lowest BCUT2D eigenvalue weighted by molar-refractivity contribution is -0.384. The number of carbonyl (C=O) groups excluding carboxylic acids is 1. The van der Waals surface area contributed by atoms with Crippen LogP contribution in [0.4, 0.5) is 10.1 Å². The summed E-state index contributed by atoms with van der Waals surface area (Å²) in [7, 11) is 0. The maximum absolute atomic E-state index is 12.9. The van der Waals surface area contributed by atoms with Crippen molar-refractivity contribution in [3.63, 3.8) is 0 Å². The highest BCUT2D eigenvalue weighted by molar-refractivity contribution is 9.10. The van der Waals surface area contributed by atoms with Crippen LogP contribution in [-0.2, 0) is 4.79 Å². The summed E-state index contributed by atoms with van der Waals surface area (Å²) >= 11 is 3.14. The Kier molecular flexibility index (Phi) is 6.18. The van der Waals surface area contributed by atoms with Crippen molar-refractivity contribution < 1.29 is 18.8 Å². The lowest BCUT2D eigenvalue weighted by atomic mass is 10.1. The summed E-state index contributed by atoms with van der Waals surface area (Å²) in [6.45, 7) is 1.35. The number of amides is 1. The standard InChI is InChI=1S/C16H13BrFN3O4/c1-10(11-2-4-12(18)5-3-11)19-20-16(22)9-25-15-7-6-13(21(23)24)8-14(15)17/h2-8H,9H2,1H3,(H,20,22). The highest BCUT2D eigenvalue weighted by Gasteiger charge is 2.11. The maximum atomic E-state index is 12.9. The van der Waals surface area contributed by atoms with Crippen LogP contribution in [0.1, 0.15) is 12.5 Å². The number of rotatable bonds is 6. The van der Waals surface area contributed by atoms with Crippen LogP contribution in [-0.4, -0.2) is 23.1 Å². The summed E-state index contributed by atoms with van der Waals surface area (Å²) in [6.07, 6.45) is 0. The number of ether oxygens (including phenoxy) is 1. The first-order chi connectivity index (χ1) is 11.9. The molecule has 0 aliphatic carbocycles. The summed E-state index contributed by atoms with van der Waals surface area (Å²) in [6, 6.07) is 9.63. The molecule has 0 saturated heterocycles. The molecule has 1 N–H and O–H groups in total. The SMILES string of the molecule is CC(=NNC(=O)COc1ccc([N+](=O)[O-])cc1Br)c1ccc(F)cc1. The minimum atomic E-state index is -0.534. The molecule has 2 aromatic rings. The molecule has 0 aliphatic heterocycles. The van der Waals surface area contributed by atoms with Gasteiger partial charge in [0.25, 0.3) is 11.6 Å². The fourth-order valence-corrected chi connectivity index (χ4v) is 2.28. The number of nitro groups is 1. The van der Waals surface area contributed by atoms with E-state index in [0.29, 0.717) is 21.5 Å². The van der Waals surface area contributed by atoms with E-state index >= 15 is 0 Å². The zero-order valence-corrected chi connectivity index (χ0v) is 14.6. The number of hydrogen-bond donors (Lipinski definition) is 1. The number of nitrogens with one attached hydrogen (secondary N) is 1. The van der Waals surface area contributed by atoms with E-state index in [9.17, 15) is 19.3 Å². The molecule has 0 fully saturated rings. The number of nitro benzene ring substituents is 1. The monoisotopic (exact) mass is 409 g/mol. The van der Waals surface area contributed by atoms with Gasteiger partial charge in [0.1, 0.15) is 11.6 Å². The summed E-state index contributed by atoms with van der Waals surface area (Å²) in [5, 5.41) is 14.6. The molecular weight excluding hydrogens is 397 g/mol. The van der Waals surface area contributed by atoms with Crippen LogP contribution in [0.3, 0.4) is 0 Å². The van der Waals surface area contributed by atoms with Gasteiger partial charge in [-0.1, -0.05) is 12.1 Å². The molecule has 130 valence electrons. The number of nitrogens with zero attached hydrogens (tertiary/aromatic N) is 2. The molecule has 7 nitrogen and oxygen atoms in total. The van der Waals surface area contributed by atoms with Crippen molar-refractivity contribution in [1.29, 1.82) is 0 Å². The second-order valence-electron chi connectivity index (χ2n) is 4.90. The average Bonchev–Trinajstić information content (AvgIpc) is 2.59. The molecule has 0 aromatic heterocycles. The van der Waals surface area contributed by atoms with E-state index in [1.807, 2.05) is 0 Å². The second-order valence-corrected chi connectivity index (χ2v) is 5.75. The van der Waals surface area contributed by atoms with Crippen molar-refractivity contribution in [2.24, 2.45) is 5.10 Å². The van der Waals surface area contributed by atoms with Crippen molar-refractivity contribution in [3.05, 3.63) is 68.4 Å². The van der Waals surface area contributed by atoms with Gasteiger partial charge in [-0.25, -0.2) is 9.82 Å². The van der Waals surface area contributed by atoms with E-state index in [0.717, 1.165) is 0 Å². The first kappa shape index (κ1) is 18.5. The molecule has 0 atom stereocenters. The second kappa shape index (κ2) is 8.34. The molecule has 2 rings (SSSR count). The van der Waals surface area contributed by atoms with Gasteiger partial charge in [-0.05, 0) is 46.6 Å². The van der Waals surface area contributed by atoms with Crippen LogP contribution in [0.25, 0.3) is 0 Å². The predicted octanol–water partition coefficient (Wildman–Crippen LogP) is 3.42. The third-order valence-corrected chi connectivity index (χ3v) is 3.72.